The summed E-state index contributed by atoms with van der Waals surface area (Å²) in [7, 11) is 1.92. The van der Waals surface area contributed by atoms with Gasteiger partial charge in [-0.3, -0.25) is 14.6 Å². The minimum atomic E-state index is -0.388. The molecular formula is C34H37Cl2N7O3. The Bertz CT molecular complexity index is 1810. The minimum absolute atomic E-state index is 0.0383. The number of piperidine rings is 1. The Kier molecular flexibility index (Phi) is 8.52. The molecule has 3 fully saturated rings. The fraction of sp³-hybridized carbons (Fsp3) is 0.412. The van der Waals surface area contributed by atoms with Gasteiger partial charge in [-0.1, -0.05) is 48.5 Å². The van der Waals surface area contributed by atoms with Crippen LogP contribution in [0.4, 0.5) is 17.3 Å². The van der Waals surface area contributed by atoms with E-state index in [1.165, 1.54) is 19.0 Å². The molecule has 0 bridgehead atoms. The Morgan fingerprint density at radius 1 is 1.02 bits per heavy atom. The van der Waals surface area contributed by atoms with Gasteiger partial charge in [0.2, 0.25) is 5.95 Å². The van der Waals surface area contributed by atoms with Crippen LogP contribution in [0.2, 0.25) is 10.0 Å². The second-order valence-electron chi connectivity index (χ2n) is 12.7. The van der Waals surface area contributed by atoms with Gasteiger partial charge in [0.1, 0.15) is 5.69 Å². The third kappa shape index (κ3) is 6.13. The quantitative estimate of drug-likeness (QED) is 0.174. The molecule has 4 N–H and O–H groups in total. The van der Waals surface area contributed by atoms with Crippen molar-refractivity contribution in [2.45, 2.75) is 57.7 Å². The summed E-state index contributed by atoms with van der Waals surface area (Å²) in [5.41, 5.74) is 5.11. The molecule has 10 nitrogen and oxygen atoms in total. The van der Waals surface area contributed by atoms with Crippen LogP contribution in [0, 0.1) is 11.8 Å². The van der Waals surface area contributed by atoms with E-state index in [-0.39, 0.29) is 36.7 Å². The number of pyridine rings is 1. The fourth-order valence-corrected chi connectivity index (χ4v) is 7.34. The number of nitrogens with zero attached hydrogens (tertiary/aromatic N) is 4. The maximum Gasteiger partial charge on any atom is 0.270 e. The normalized spacial score (nSPS) is 19.3. The van der Waals surface area contributed by atoms with Gasteiger partial charge >= 0.3 is 0 Å². The highest BCUT2D eigenvalue weighted by Gasteiger charge is 2.45. The largest absolute Gasteiger partial charge is 0.392 e. The number of hydrogen-bond donors (Lipinski definition) is 4. The van der Waals surface area contributed by atoms with Crippen LogP contribution < -0.4 is 20.9 Å². The summed E-state index contributed by atoms with van der Waals surface area (Å²) >= 11 is 13.5. The maximum absolute atomic E-state index is 13.7. The summed E-state index contributed by atoms with van der Waals surface area (Å²) in [5.74, 6) is 1.53. The first-order valence-electron chi connectivity index (χ1n) is 15.9. The zero-order chi connectivity index (χ0) is 31.9. The van der Waals surface area contributed by atoms with Crippen LogP contribution in [0.1, 0.15) is 70.5 Å². The molecule has 2 aromatic carbocycles. The van der Waals surface area contributed by atoms with Crippen LogP contribution in [0.5, 0.6) is 0 Å². The number of carbonyl (C=O) groups is 2. The number of fused-ring (bicyclic) bond motifs is 2. The molecule has 240 valence electrons. The van der Waals surface area contributed by atoms with Gasteiger partial charge < -0.3 is 30.5 Å². The second-order valence-corrected chi connectivity index (χ2v) is 13.5. The van der Waals surface area contributed by atoms with E-state index in [0.29, 0.717) is 43.9 Å². The van der Waals surface area contributed by atoms with E-state index in [2.05, 4.69) is 31.9 Å². The summed E-state index contributed by atoms with van der Waals surface area (Å²) in [4.78, 5) is 37.7. The van der Waals surface area contributed by atoms with Crippen LogP contribution >= 0.6 is 23.2 Å². The molecule has 0 spiro atoms. The molecule has 3 aliphatic rings. The van der Waals surface area contributed by atoms with E-state index in [1.54, 1.807) is 24.3 Å². The van der Waals surface area contributed by atoms with Gasteiger partial charge in [0.15, 0.2) is 0 Å². The number of rotatable bonds is 9. The smallest absolute Gasteiger partial charge is 0.270 e. The summed E-state index contributed by atoms with van der Waals surface area (Å²) in [5, 5.41) is 19.6. The van der Waals surface area contributed by atoms with Gasteiger partial charge in [0.25, 0.3) is 11.8 Å². The standard InChI is InChI=1S/C34H37Cl2N7O3/c1-42-29-14-28(43-16-21-12-22(21)17-43)24(32(45)39-23-5-3-2-4-6-23)13-26(29)40-34(42)41-31-25(35)8-7-20(30(31)36)15-38-33(46)27-11-19(18-44)9-10-37-27/h7-11,13-14,21-23,44H,2-6,12,15-18H2,1H3,(H,38,46)(H,39,45)(H,40,41). The van der Waals surface area contributed by atoms with E-state index in [0.717, 1.165) is 61.8 Å². The maximum atomic E-state index is 13.7. The third-order valence-corrected chi connectivity index (χ3v) is 10.3. The van der Waals surface area contributed by atoms with Crippen molar-refractivity contribution >= 4 is 63.4 Å². The van der Waals surface area contributed by atoms with Gasteiger partial charge in [-0.05, 0) is 72.6 Å². The topological polar surface area (TPSA) is 124 Å². The molecule has 4 aromatic rings. The number of amides is 2. The number of aromatic nitrogens is 3. The summed E-state index contributed by atoms with van der Waals surface area (Å²) in [6, 6.07) is 10.9. The number of nitrogens with one attached hydrogen (secondary N) is 3. The molecule has 12 heteroatoms. The molecule has 2 atom stereocenters. The Morgan fingerprint density at radius 3 is 2.57 bits per heavy atom. The molecule has 46 heavy (non-hydrogen) atoms. The highest BCUT2D eigenvalue weighted by atomic mass is 35.5. The van der Waals surface area contributed by atoms with E-state index < -0.39 is 0 Å². The van der Waals surface area contributed by atoms with Gasteiger partial charge in [0.05, 0.1) is 44.6 Å². The summed E-state index contributed by atoms with van der Waals surface area (Å²) in [6.45, 7) is 1.90. The first kappa shape index (κ1) is 30.8. The number of hydrogen-bond acceptors (Lipinski definition) is 7. The van der Waals surface area contributed by atoms with E-state index in [1.807, 2.05) is 17.7 Å². The molecule has 1 aliphatic heterocycles. The lowest BCUT2D eigenvalue weighted by atomic mass is 9.95. The molecule has 7 rings (SSSR count). The van der Waals surface area contributed by atoms with Crippen LogP contribution in [0.15, 0.2) is 42.6 Å². The molecule has 2 aliphatic carbocycles. The van der Waals surface area contributed by atoms with Crippen molar-refractivity contribution in [3.05, 3.63) is 75.0 Å². The summed E-state index contributed by atoms with van der Waals surface area (Å²) in [6.07, 6.45) is 8.33. The lowest BCUT2D eigenvalue weighted by Crippen LogP contribution is -2.37. The number of aryl methyl sites for hydroxylation is 1. The number of anilines is 3. The van der Waals surface area contributed by atoms with Crippen LogP contribution in [-0.2, 0) is 20.2 Å². The Morgan fingerprint density at radius 2 is 1.80 bits per heavy atom. The molecule has 3 heterocycles. The molecule has 2 aromatic heterocycles. The van der Waals surface area contributed by atoms with Crippen molar-refractivity contribution in [3.63, 3.8) is 0 Å². The molecule has 0 radical (unpaired) electrons. The highest BCUT2D eigenvalue weighted by Crippen LogP contribution is 2.47. The Balaban J connectivity index is 1.15. The zero-order valence-electron chi connectivity index (χ0n) is 25.7. The van der Waals surface area contributed by atoms with Crippen molar-refractivity contribution in [1.82, 2.24) is 25.2 Å². The van der Waals surface area contributed by atoms with Gasteiger partial charge in [-0.15, -0.1) is 0 Å². The van der Waals surface area contributed by atoms with Crippen molar-refractivity contribution in [3.8, 4) is 0 Å². The summed E-state index contributed by atoms with van der Waals surface area (Å²) < 4.78 is 1.94. The number of aliphatic hydroxyl groups is 1. The highest BCUT2D eigenvalue weighted by molar-refractivity contribution is 6.39. The minimum Gasteiger partial charge on any atom is -0.392 e. The predicted molar refractivity (Wildman–Crippen MR) is 180 cm³/mol. The lowest BCUT2D eigenvalue weighted by Gasteiger charge is -2.26. The number of imidazole rings is 1. The zero-order valence-corrected chi connectivity index (χ0v) is 27.2. The molecule has 2 amide bonds. The average Bonchev–Trinajstić information content (AvgIpc) is 3.56. The number of aliphatic hydroxyl groups excluding tert-OH is 1. The molecule has 1 saturated heterocycles. The van der Waals surface area contributed by atoms with Crippen molar-refractivity contribution in [2.75, 3.05) is 23.3 Å². The van der Waals surface area contributed by atoms with Crippen LogP contribution in [0.25, 0.3) is 11.0 Å². The SMILES string of the molecule is Cn1c(Nc2c(Cl)ccc(CNC(=O)c3cc(CO)ccn3)c2Cl)nc2cc(C(=O)NC3CCCCC3)c(N3CC4CC4C3)cc21. The van der Waals surface area contributed by atoms with Crippen molar-refractivity contribution in [2.24, 2.45) is 18.9 Å². The average molecular weight is 663 g/mol. The second kappa shape index (κ2) is 12.7. The number of benzene rings is 2. The number of carbonyl (C=O) groups excluding carboxylic acids is 2. The first-order valence-corrected chi connectivity index (χ1v) is 16.7. The van der Waals surface area contributed by atoms with Gasteiger partial charge in [-0.2, -0.15) is 0 Å². The number of halogens is 2. The van der Waals surface area contributed by atoms with Crippen molar-refractivity contribution in [1.29, 1.82) is 0 Å². The molecule has 2 unspecified atom stereocenters. The van der Waals surface area contributed by atoms with Gasteiger partial charge in [-0.25, -0.2) is 4.98 Å². The lowest BCUT2D eigenvalue weighted by molar-refractivity contribution is 0.0925. The predicted octanol–water partition coefficient (Wildman–Crippen LogP) is 5.96. The molecular weight excluding hydrogens is 625 g/mol. The van der Waals surface area contributed by atoms with Crippen LogP contribution in [0.3, 0.4) is 0 Å². The fourth-order valence-electron chi connectivity index (χ4n) is 6.81. The van der Waals surface area contributed by atoms with Gasteiger partial charge in [0, 0.05) is 38.9 Å². The first-order chi connectivity index (χ1) is 22.3. The Labute approximate surface area is 277 Å². The monoisotopic (exact) mass is 661 g/mol. The van der Waals surface area contributed by atoms with Crippen molar-refractivity contribution < 1.29 is 14.7 Å². The van der Waals surface area contributed by atoms with E-state index >= 15 is 0 Å². The molecule has 2 saturated carbocycles. The Hall–Kier alpha value is -3.86. The van der Waals surface area contributed by atoms with E-state index in [4.69, 9.17) is 28.2 Å². The van der Waals surface area contributed by atoms with Crippen LogP contribution in [-0.4, -0.2) is 50.6 Å². The van der Waals surface area contributed by atoms with E-state index in [9.17, 15) is 14.7 Å². The third-order valence-electron chi connectivity index (χ3n) is 9.59.